The van der Waals surface area contributed by atoms with Gasteiger partial charge in [0.15, 0.2) is 5.79 Å². The van der Waals surface area contributed by atoms with Crippen LogP contribution in [-0.2, 0) is 14.2 Å². The minimum absolute atomic E-state index is 0.195. The fourth-order valence-electron chi connectivity index (χ4n) is 10.4. The van der Waals surface area contributed by atoms with Crippen molar-refractivity contribution in [1.82, 2.24) is 0 Å². The smallest absolute Gasteiger partial charge is 0.172 e. The number of allylic oxidation sites excluding steroid dienone is 3. The normalized spacial score (nSPS) is 48.8. The quantitative estimate of drug-likeness (QED) is 0.503. The van der Waals surface area contributed by atoms with Crippen LogP contribution < -0.4 is 0 Å². The van der Waals surface area contributed by atoms with Gasteiger partial charge < -0.3 is 14.2 Å². The van der Waals surface area contributed by atoms with Crippen LogP contribution in [0.1, 0.15) is 85.0 Å². The number of rotatable bonds is 3. The molecule has 1 aliphatic heterocycles. The number of ether oxygens (including phenoxy) is 3. The second kappa shape index (κ2) is 6.38. The SMILES string of the molecule is CC[C@@H]1CC23CC[C@@]1(C1(C)OCCO1)[C@@]2(C)CC[C@@H]1C2=C(CC[C@H]13)CC(OC)=CC2. The van der Waals surface area contributed by atoms with Crippen LogP contribution in [0, 0.1) is 34.0 Å². The number of fused-ring (bicyclic) bond motifs is 2. The molecule has 0 spiro atoms. The molecule has 0 amide bonds. The Morgan fingerprint density at radius 3 is 2.63 bits per heavy atom. The van der Waals surface area contributed by atoms with E-state index in [-0.39, 0.29) is 11.2 Å². The van der Waals surface area contributed by atoms with E-state index in [1.807, 2.05) is 7.11 Å². The summed E-state index contributed by atoms with van der Waals surface area (Å²) in [6.07, 6.45) is 15.4. The van der Waals surface area contributed by atoms with Crippen LogP contribution in [-0.4, -0.2) is 26.1 Å². The maximum Gasteiger partial charge on any atom is 0.172 e. The highest BCUT2D eigenvalue weighted by Crippen LogP contribution is 2.85. The van der Waals surface area contributed by atoms with Crippen LogP contribution in [0.2, 0.25) is 0 Å². The molecule has 6 atom stereocenters. The third kappa shape index (κ3) is 2.06. The van der Waals surface area contributed by atoms with Crippen molar-refractivity contribution in [3.63, 3.8) is 0 Å². The average Bonchev–Trinajstić information content (AvgIpc) is 3.40. The zero-order valence-corrected chi connectivity index (χ0v) is 19.5. The molecule has 4 fully saturated rings. The van der Waals surface area contributed by atoms with Crippen molar-refractivity contribution in [3.05, 3.63) is 23.0 Å². The fraction of sp³-hybridized carbons (Fsp3) is 0.852. The maximum absolute atomic E-state index is 6.48. The third-order valence-corrected chi connectivity index (χ3v) is 11.5. The zero-order chi connectivity index (χ0) is 20.8. The Kier molecular flexibility index (Phi) is 4.22. The summed E-state index contributed by atoms with van der Waals surface area (Å²) in [5.41, 5.74) is 4.56. The Labute approximate surface area is 182 Å². The van der Waals surface area contributed by atoms with Gasteiger partial charge in [-0.25, -0.2) is 0 Å². The first-order valence-electron chi connectivity index (χ1n) is 12.7. The van der Waals surface area contributed by atoms with Crippen LogP contribution in [0.25, 0.3) is 0 Å². The van der Waals surface area contributed by atoms with Crippen molar-refractivity contribution in [3.8, 4) is 0 Å². The molecule has 1 unspecified atom stereocenters. The molecule has 3 nitrogen and oxygen atoms in total. The second-order valence-corrected chi connectivity index (χ2v) is 11.6. The van der Waals surface area contributed by atoms with Gasteiger partial charge in [-0.15, -0.1) is 0 Å². The lowest BCUT2D eigenvalue weighted by atomic mass is 9.46. The van der Waals surface area contributed by atoms with Gasteiger partial charge in [0.2, 0.25) is 0 Å². The van der Waals surface area contributed by atoms with Crippen molar-refractivity contribution in [2.24, 2.45) is 34.0 Å². The molecule has 0 aromatic heterocycles. The average molecular weight is 413 g/mol. The van der Waals surface area contributed by atoms with E-state index in [2.05, 4.69) is 26.8 Å². The largest absolute Gasteiger partial charge is 0.501 e. The van der Waals surface area contributed by atoms with Crippen LogP contribution in [0.15, 0.2) is 23.0 Å². The van der Waals surface area contributed by atoms with Crippen LogP contribution in [0.5, 0.6) is 0 Å². The highest BCUT2D eigenvalue weighted by atomic mass is 16.7. The van der Waals surface area contributed by atoms with E-state index in [9.17, 15) is 0 Å². The molecule has 0 aromatic rings. The van der Waals surface area contributed by atoms with Gasteiger partial charge in [0, 0.05) is 11.8 Å². The molecule has 30 heavy (non-hydrogen) atoms. The predicted octanol–water partition coefficient (Wildman–Crippen LogP) is 6.39. The maximum atomic E-state index is 6.48. The Morgan fingerprint density at radius 2 is 1.90 bits per heavy atom. The van der Waals surface area contributed by atoms with Crippen molar-refractivity contribution >= 4 is 0 Å². The lowest BCUT2D eigenvalue weighted by molar-refractivity contribution is -0.271. The molecule has 3 saturated carbocycles. The van der Waals surface area contributed by atoms with E-state index >= 15 is 0 Å². The van der Waals surface area contributed by atoms with Crippen molar-refractivity contribution in [2.45, 2.75) is 90.8 Å². The topological polar surface area (TPSA) is 27.7 Å². The van der Waals surface area contributed by atoms with Gasteiger partial charge in [-0.05, 0) is 93.0 Å². The summed E-state index contributed by atoms with van der Waals surface area (Å²) >= 11 is 0. The first-order valence-corrected chi connectivity index (χ1v) is 12.7. The van der Waals surface area contributed by atoms with Gasteiger partial charge in [-0.1, -0.05) is 31.4 Å². The molecular weight excluding hydrogens is 372 g/mol. The summed E-state index contributed by atoms with van der Waals surface area (Å²) in [5.74, 6) is 3.21. The molecule has 1 saturated heterocycles. The third-order valence-electron chi connectivity index (χ3n) is 11.5. The molecule has 3 heteroatoms. The van der Waals surface area contributed by atoms with Gasteiger partial charge in [0.05, 0.1) is 26.1 Å². The minimum Gasteiger partial charge on any atom is -0.501 e. The predicted molar refractivity (Wildman–Crippen MR) is 118 cm³/mol. The van der Waals surface area contributed by atoms with Crippen LogP contribution >= 0.6 is 0 Å². The van der Waals surface area contributed by atoms with E-state index in [0.29, 0.717) is 10.8 Å². The Hall–Kier alpha value is -0.800. The van der Waals surface area contributed by atoms with E-state index in [1.165, 1.54) is 57.1 Å². The fourth-order valence-corrected chi connectivity index (χ4v) is 10.4. The van der Waals surface area contributed by atoms with Gasteiger partial charge in [-0.2, -0.15) is 0 Å². The van der Waals surface area contributed by atoms with E-state index < -0.39 is 0 Å². The van der Waals surface area contributed by atoms with Gasteiger partial charge in [-0.3, -0.25) is 0 Å². The van der Waals surface area contributed by atoms with Crippen molar-refractivity contribution in [1.29, 1.82) is 0 Å². The summed E-state index contributed by atoms with van der Waals surface area (Å²) < 4.78 is 18.6. The summed E-state index contributed by atoms with van der Waals surface area (Å²) in [6.45, 7) is 8.95. The molecule has 6 aliphatic rings. The molecule has 5 aliphatic carbocycles. The highest BCUT2D eigenvalue weighted by molar-refractivity contribution is 5.36. The molecule has 2 bridgehead atoms. The number of hydrogen-bond acceptors (Lipinski definition) is 3. The lowest BCUT2D eigenvalue weighted by Crippen LogP contribution is -2.58. The standard InChI is InChI=1S/C27H40O3/c1-5-19-17-26-12-13-27(19,25(3)29-14-15-30-25)24(26,2)11-10-22-21-8-7-20(28-4)16-18(21)6-9-23(22)26/h7,19,22-23H,5-6,8-17H2,1-4H3/t19-,22-,23-,24+,26?,27+/m1/s1. The Bertz CT molecular complexity index is 805. The van der Waals surface area contributed by atoms with Crippen molar-refractivity contribution in [2.75, 3.05) is 20.3 Å². The molecule has 0 aromatic carbocycles. The molecule has 0 radical (unpaired) electrons. The van der Waals surface area contributed by atoms with Gasteiger partial charge in [0.25, 0.3) is 0 Å². The summed E-state index contributed by atoms with van der Waals surface area (Å²) in [5, 5.41) is 0. The molecule has 1 heterocycles. The summed E-state index contributed by atoms with van der Waals surface area (Å²) in [7, 11) is 1.84. The molecule has 166 valence electrons. The molecular formula is C27H40O3. The van der Waals surface area contributed by atoms with Crippen LogP contribution in [0.4, 0.5) is 0 Å². The number of methoxy groups -OCH3 is 1. The van der Waals surface area contributed by atoms with Crippen LogP contribution in [0.3, 0.4) is 0 Å². The lowest BCUT2D eigenvalue weighted by Gasteiger charge is -2.60. The van der Waals surface area contributed by atoms with Gasteiger partial charge in [0.1, 0.15) is 0 Å². The van der Waals surface area contributed by atoms with E-state index in [4.69, 9.17) is 14.2 Å². The Morgan fingerprint density at radius 1 is 1.10 bits per heavy atom. The first kappa shape index (κ1) is 19.9. The summed E-state index contributed by atoms with van der Waals surface area (Å²) in [4.78, 5) is 0. The Balaban J connectivity index is 1.41. The minimum atomic E-state index is -0.381. The monoisotopic (exact) mass is 412 g/mol. The molecule has 6 rings (SSSR count). The summed E-state index contributed by atoms with van der Waals surface area (Å²) in [6, 6.07) is 0. The van der Waals surface area contributed by atoms with E-state index in [0.717, 1.165) is 43.8 Å². The van der Waals surface area contributed by atoms with Gasteiger partial charge >= 0.3 is 0 Å². The zero-order valence-electron chi connectivity index (χ0n) is 19.5. The van der Waals surface area contributed by atoms with Crippen molar-refractivity contribution < 1.29 is 14.2 Å². The second-order valence-electron chi connectivity index (χ2n) is 11.6. The molecule has 0 N–H and O–H groups in total. The van der Waals surface area contributed by atoms with E-state index in [1.54, 1.807) is 11.1 Å². The number of hydrogen-bond donors (Lipinski definition) is 0. The first-order chi connectivity index (χ1) is 14.4. The highest BCUT2D eigenvalue weighted by Gasteiger charge is 2.81.